The molecule has 0 aliphatic carbocycles. The summed E-state index contributed by atoms with van der Waals surface area (Å²) in [5.74, 6) is -0.111. The number of Topliss-reactive ketones (excluding diaryl/α,β-unsaturated/α-hetero) is 1. The molecule has 0 saturated carbocycles. The maximum atomic E-state index is 12.5. The molecule has 3 heteroatoms. The summed E-state index contributed by atoms with van der Waals surface area (Å²) in [5.41, 5.74) is 3.99. The summed E-state index contributed by atoms with van der Waals surface area (Å²) in [6.45, 7) is 1.98. The summed E-state index contributed by atoms with van der Waals surface area (Å²) in [7, 11) is 0. The highest BCUT2D eigenvalue weighted by Gasteiger charge is 2.16. The molecule has 3 aromatic carbocycles. The number of ketones is 1. The lowest BCUT2D eigenvalue weighted by Crippen LogP contribution is -2.30. The summed E-state index contributed by atoms with van der Waals surface area (Å²) >= 11 is 0. The van der Waals surface area contributed by atoms with Crippen molar-refractivity contribution in [3.63, 3.8) is 0 Å². The van der Waals surface area contributed by atoms with Crippen LogP contribution in [-0.4, -0.2) is 11.7 Å². The van der Waals surface area contributed by atoms with Gasteiger partial charge >= 0.3 is 0 Å². The van der Waals surface area contributed by atoms with E-state index in [1.165, 1.54) is 0 Å². The van der Waals surface area contributed by atoms with Crippen molar-refractivity contribution in [1.82, 2.24) is 5.32 Å². The van der Waals surface area contributed by atoms with Gasteiger partial charge in [0.25, 0.3) is 0 Å². The molecular weight excluding hydrogens is 346 g/mol. The Morgan fingerprint density at radius 2 is 1.39 bits per heavy atom. The van der Waals surface area contributed by atoms with Crippen molar-refractivity contribution in [1.29, 1.82) is 0 Å². The number of carbonyl (C=O) groups excluding carboxylic acids is 2. The Kier molecular flexibility index (Phi) is 6.74. The zero-order valence-electron chi connectivity index (χ0n) is 16.1. The summed E-state index contributed by atoms with van der Waals surface area (Å²) < 4.78 is 0. The van der Waals surface area contributed by atoms with Crippen molar-refractivity contribution in [3.05, 3.63) is 107 Å². The molecule has 0 aliphatic rings. The highest BCUT2D eigenvalue weighted by atomic mass is 16.2. The number of hydrogen-bond acceptors (Lipinski definition) is 2. The van der Waals surface area contributed by atoms with Crippen molar-refractivity contribution in [2.24, 2.45) is 0 Å². The lowest BCUT2D eigenvalue weighted by molar-refractivity contribution is -0.121. The van der Waals surface area contributed by atoms with Crippen molar-refractivity contribution >= 4 is 11.7 Å². The summed E-state index contributed by atoms with van der Waals surface area (Å²) in [4.78, 5) is 24.9. The first kappa shape index (κ1) is 19.6. The van der Waals surface area contributed by atoms with Gasteiger partial charge in [-0.1, -0.05) is 90.5 Å². The molecule has 0 fully saturated rings. The zero-order chi connectivity index (χ0) is 19.8. The molecule has 0 aromatic heterocycles. The number of nitrogens with one attached hydrogen (secondary N) is 1. The quantitative estimate of drug-likeness (QED) is 0.563. The second-order valence-corrected chi connectivity index (χ2v) is 7.01. The molecule has 0 aliphatic heterocycles. The molecule has 1 unspecified atom stereocenters. The van der Waals surface area contributed by atoms with Gasteiger partial charge in [0.2, 0.25) is 5.91 Å². The molecule has 3 nitrogen and oxygen atoms in total. The van der Waals surface area contributed by atoms with Gasteiger partial charge in [-0.15, -0.1) is 0 Å². The van der Waals surface area contributed by atoms with Gasteiger partial charge in [0.05, 0.1) is 6.04 Å². The van der Waals surface area contributed by atoms with Crippen molar-refractivity contribution in [3.8, 4) is 0 Å². The van der Waals surface area contributed by atoms with Crippen LogP contribution < -0.4 is 5.32 Å². The van der Waals surface area contributed by atoms with Gasteiger partial charge in [0.1, 0.15) is 0 Å². The second kappa shape index (κ2) is 9.65. The van der Waals surface area contributed by atoms with Crippen LogP contribution in [0.25, 0.3) is 0 Å². The standard InChI is InChI=1S/C25H25NO2/c1-19-12-14-22(15-13-19)24(27)16-17-25(28)26-23(21-10-6-3-7-11-21)18-20-8-4-2-5-9-20/h2-15,23H,16-18H2,1H3,(H,26,28). The van der Waals surface area contributed by atoms with Crippen LogP contribution in [0.15, 0.2) is 84.9 Å². The fraction of sp³-hybridized carbons (Fsp3) is 0.200. The molecule has 0 heterocycles. The molecule has 1 atom stereocenters. The van der Waals surface area contributed by atoms with Crippen LogP contribution in [0.2, 0.25) is 0 Å². The molecule has 0 spiro atoms. The monoisotopic (exact) mass is 371 g/mol. The minimum atomic E-state index is -0.120. The Morgan fingerprint density at radius 1 is 0.786 bits per heavy atom. The predicted molar refractivity (Wildman–Crippen MR) is 112 cm³/mol. The van der Waals surface area contributed by atoms with E-state index in [4.69, 9.17) is 0 Å². The van der Waals surface area contributed by atoms with E-state index >= 15 is 0 Å². The van der Waals surface area contributed by atoms with E-state index in [-0.39, 0.29) is 30.6 Å². The van der Waals surface area contributed by atoms with Gasteiger partial charge in [0.15, 0.2) is 5.78 Å². The Labute approximate surface area is 166 Å². The van der Waals surface area contributed by atoms with Gasteiger partial charge < -0.3 is 5.32 Å². The third kappa shape index (κ3) is 5.65. The number of hydrogen-bond donors (Lipinski definition) is 1. The fourth-order valence-corrected chi connectivity index (χ4v) is 3.16. The van der Waals surface area contributed by atoms with Gasteiger partial charge in [-0.2, -0.15) is 0 Å². The maximum Gasteiger partial charge on any atom is 0.220 e. The number of carbonyl (C=O) groups is 2. The van der Waals surface area contributed by atoms with Crippen LogP contribution in [0.1, 0.15) is 45.9 Å². The van der Waals surface area contributed by atoms with Crippen LogP contribution in [0.5, 0.6) is 0 Å². The van der Waals surface area contributed by atoms with Crippen LogP contribution in [0.3, 0.4) is 0 Å². The number of rotatable bonds is 8. The topological polar surface area (TPSA) is 46.2 Å². The second-order valence-electron chi connectivity index (χ2n) is 7.01. The highest BCUT2D eigenvalue weighted by molar-refractivity contribution is 5.98. The van der Waals surface area contributed by atoms with Crippen LogP contribution in [0.4, 0.5) is 0 Å². The zero-order valence-corrected chi connectivity index (χ0v) is 16.1. The third-order valence-electron chi connectivity index (χ3n) is 4.77. The normalized spacial score (nSPS) is 11.6. The SMILES string of the molecule is Cc1ccc(C(=O)CCC(=O)NC(Cc2ccccc2)c2ccccc2)cc1. The van der Waals surface area contributed by atoms with Gasteiger partial charge in [0, 0.05) is 18.4 Å². The first-order chi connectivity index (χ1) is 13.6. The predicted octanol–water partition coefficient (Wildman–Crippen LogP) is 5.06. The molecule has 3 aromatic rings. The van der Waals surface area contributed by atoms with E-state index < -0.39 is 0 Å². The minimum absolute atomic E-state index is 0.00512. The minimum Gasteiger partial charge on any atom is -0.349 e. The molecule has 142 valence electrons. The van der Waals surface area contributed by atoms with Crippen LogP contribution in [0, 0.1) is 6.92 Å². The summed E-state index contributed by atoms with van der Waals surface area (Å²) in [6, 6.07) is 27.4. The number of benzene rings is 3. The smallest absolute Gasteiger partial charge is 0.220 e. The maximum absolute atomic E-state index is 12.5. The van der Waals surface area contributed by atoms with E-state index in [1.807, 2.05) is 79.7 Å². The Morgan fingerprint density at radius 3 is 2.04 bits per heavy atom. The van der Waals surface area contributed by atoms with E-state index in [0.29, 0.717) is 12.0 Å². The number of amides is 1. The van der Waals surface area contributed by atoms with Gasteiger partial charge in [-0.3, -0.25) is 9.59 Å². The average Bonchev–Trinajstić information content (AvgIpc) is 2.73. The van der Waals surface area contributed by atoms with E-state index in [9.17, 15) is 9.59 Å². The molecule has 1 amide bonds. The highest BCUT2D eigenvalue weighted by Crippen LogP contribution is 2.19. The molecule has 0 radical (unpaired) electrons. The van der Waals surface area contributed by atoms with Crippen LogP contribution in [-0.2, 0) is 11.2 Å². The first-order valence-corrected chi connectivity index (χ1v) is 9.60. The average molecular weight is 371 g/mol. The van der Waals surface area contributed by atoms with Crippen LogP contribution >= 0.6 is 0 Å². The van der Waals surface area contributed by atoms with Gasteiger partial charge in [-0.25, -0.2) is 0 Å². The van der Waals surface area contributed by atoms with Crippen molar-refractivity contribution < 1.29 is 9.59 Å². The molecule has 0 saturated heterocycles. The van der Waals surface area contributed by atoms with E-state index in [1.54, 1.807) is 0 Å². The molecule has 3 rings (SSSR count). The Bertz CT molecular complexity index is 902. The number of aryl methyl sites for hydroxylation is 1. The molecule has 0 bridgehead atoms. The van der Waals surface area contributed by atoms with Gasteiger partial charge in [-0.05, 0) is 24.5 Å². The van der Waals surface area contributed by atoms with Crippen molar-refractivity contribution in [2.75, 3.05) is 0 Å². The largest absolute Gasteiger partial charge is 0.349 e. The molecular formula is C25H25NO2. The molecule has 1 N–H and O–H groups in total. The lowest BCUT2D eigenvalue weighted by atomic mass is 9.98. The third-order valence-corrected chi connectivity index (χ3v) is 4.77. The van der Waals surface area contributed by atoms with E-state index in [0.717, 1.165) is 16.7 Å². The summed E-state index contributed by atoms with van der Waals surface area (Å²) in [5, 5.41) is 3.11. The first-order valence-electron chi connectivity index (χ1n) is 9.60. The lowest BCUT2D eigenvalue weighted by Gasteiger charge is -2.19. The van der Waals surface area contributed by atoms with Crippen molar-refractivity contribution in [2.45, 2.75) is 32.2 Å². The Balaban J connectivity index is 1.62. The van der Waals surface area contributed by atoms with E-state index in [2.05, 4.69) is 17.4 Å². The Hall–Kier alpha value is -3.20. The molecule has 28 heavy (non-hydrogen) atoms. The fourth-order valence-electron chi connectivity index (χ4n) is 3.16. The summed E-state index contributed by atoms with van der Waals surface area (Å²) in [6.07, 6.45) is 1.11.